The Balaban J connectivity index is 1.32. The fraction of sp³-hybridized carbons (Fsp3) is 0.360. The van der Waals surface area contributed by atoms with Gasteiger partial charge in [0.15, 0.2) is 5.13 Å². The van der Waals surface area contributed by atoms with Gasteiger partial charge in [0, 0.05) is 19.5 Å². The molecule has 1 saturated heterocycles. The van der Waals surface area contributed by atoms with Crippen LogP contribution in [0.5, 0.6) is 0 Å². The molecule has 1 saturated carbocycles. The SMILES string of the molecule is O=C1NC2(CCCC2)C(=O)N1CCC(=O)N(CCc1ccccc1)c1nc2ccccc2s1. The van der Waals surface area contributed by atoms with Crippen molar-refractivity contribution in [3.63, 3.8) is 0 Å². The number of aromatic nitrogens is 1. The van der Waals surface area contributed by atoms with Crippen LogP contribution in [0.4, 0.5) is 9.93 Å². The number of nitrogens with zero attached hydrogens (tertiary/aromatic N) is 3. The number of amides is 4. The second-order valence-electron chi connectivity index (χ2n) is 8.67. The molecule has 0 atom stereocenters. The number of urea groups is 1. The van der Waals surface area contributed by atoms with Gasteiger partial charge in [-0.25, -0.2) is 9.78 Å². The van der Waals surface area contributed by atoms with Gasteiger partial charge in [0.1, 0.15) is 5.54 Å². The molecule has 1 aliphatic carbocycles. The predicted octanol–water partition coefficient (Wildman–Crippen LogP) is 4.13. The first-order chi connectivity index (χ1) is 16.1. The van der Waals surface area contributed by atoms with Crippen molar-refractivity contribution in [1.29, 1.82) is 0 Å². The lowest BCUT2D eigenvalue weighted by atomic mass is 9.98. The van der Waals surface area contributed by atoms with Crippen molar-refractivity contribution in [3.8, 4) is 0 Å². The summed E-state index contributed by atoms with van der Waals surface area (Å²) in [6.45, 7) is 0.560. The van der Waals surface area contributed by atoms with Gasteiger partial charge in [-0.15, -0.1) is 0 Å². The average Bonchev–Trinajstić information content (AvgIpc) is 3.52. The lowest BCUT2D eigenvalue weighted by Crippen LogP contribution is -2.44. The number of fused-ring (bicyclic) bond motifs is 1. The van der Waals surface area contributed by atoms with E-state index >= 15 is 0 Å². The van der Waals surface area contributed by atoms with Crippen LogP contribution in [0.2, 0.25) is 0 Å². The Labute approximate surface area is 196 Å². The van der Waals surface area contributed by atoms with Gasteiger partial charge in [-0.05, 0) is 37.0 Å². The van der Waals surface area contributed by atoms with Crippen molar-refractivity contribution < 1.29 is 14.4 Å². The highest BCUT2D eigenvalue weighted by Gasteiger charge is 2.52. The molecule has 1 N–H and O–H groups in total. The summed E-state index contributed by atoms with van der Waals surface area (Å²) in [5, 5.41) is 3.52. The van der Waals surface area contributed by atoms with Crippen molar-refractivity contribution >= 4 is 44.5 Å². The Hall–Kier alpha value is -3.26. The summed E-state index contributed by atoms with van der Waals surface area (Å²) >= 11 is 1.48. The van der Waals surface area contributed by atoms with Crippen LogP contribution in [-0.2, 0) is 16.0 Å². The molecular weight excluding hydrogens is 436 g/mol. The lowest BCUT2D eigenvalue weighted by Gasteiger charge is -2.22. The number of nitrogens with one attached hydrogen (secondary N) is 1. The van der Waals surface area contributed by atoms with Gasteiger partial charge >= 0.3 is 6.03 Å². The molecule has 2 aliphatic rings. The highest BCUT2D eigenvalue weighted by molar-refractivity contribution is 7.22. The highest BCUT2D eigenvalue weighted by atomic mass is 32.1. The van der Waals surface area contributed by atoms with E-state index in [0.717, 1.165) is 28.6 Å². The molecule has 4 amide bonds. The van der Waals surface area contributed by atoms with Crippen LogP contribution in [0.1, 0.15) is 37.7 Å². The molecule has 0 bridgehead atoms. The predicted molar refractivity (Wildman–Crippen MR) is 128 cm³/mol. The fourth-order valence-corrected chi connectivity index (χ4v) is 5.74. The van der Waals surface area contributed by atoms with E-state index in [9.17, 15) is 14.4 Å². The van der Waals surface area contributed by atoms with Crippen molar-refractivity contribution in [2.75, 3.05) is 18.0 Å². The molecule has 1 aliphatic heterocycles. The first-order valence-corrected chi connectivity index (χ1v) is 12.2. The van der Waals surface area contributed by atoms with Crippen LogP contribution in [0, 0.1) is 0 Å². The average molecular weight is 463 g/mol. The van der Waals surface area contributed by atoms with Gasteiger partial charge in [-0.2, -0.15) is 0 Å². The van der Waals surface area contributed by atoms with Crippen LogP contribution in [0.25, 0.3) is 10.2 Å². The monoisotopic (exact) mass is 462 g/mol. The highest BCUT2D eigenvalue weighted by Crippen LogP contribution is 2.35. The number of benzene rings is 2. The minimum absolute atomic E-state index is 0.0694. The Morgan fingerprint density at radius 2 is 1.79 bits per heavy atom. The molecule has 0 radical (unpaired) electrons. The van der Waals surface area contributed by atoms with E-state index in [1.165, 1.54) is 16.2 Å². The molecule has 3 aromatic rings. The van der Waals surface area contributed by atoms with Crippen molar-refractivity contribution in [1.82, 2.24) is 15.2 Å². The molecule has 2 aromatic carbocycles. The van der Waals surface area contributed by atoms with E-state index in [1.807, 2.05) is 54.6 Å². The van der Waals surface area contributed by atoms with Crippen molar-refractivity contribution in [3.05, 3.63) is 60.2 Å². The van der Waals surface area contributed by atoms with E-state index in [4.69, 9.17) is 0 Å². The number of anilines is 1. The molecule has 5 rings (SSSR count). The molecule has 8 heteroatoms. The molecule has 170 valence electrons. The first kappa shape index (κ1) is 21.6. The maximum absolute atomic E-state index is 13.3. The maximum Gasteiger partial charge on any atom is 0.325 e. The second kappa shape index (κ2) is 8.94. The van der Waals surface area contributed by atoms with Gasteiger partial charge in [0.05, 0.1) is 10.2 Å². The van der Waals surface area contributed by atoms with Crippen LogP contribution in [0.3, 0.4) is 0 Å². The minimum atomic E-state index is -0.750. The molecule has 2 fully saturated rings. The van der Waals surface area contributed by atoms with Gasteiger partial charge < -0.3 is 5.32 Å². The van der Waals surface area contributed by atoms with E-state index in [1.54, 1.807) is 4.90 Å². The number of rotatable bonds is 7. The van der Waals surface area contributed by atoms with Crippen LogP contribution < -0.4 is 10.2 Å². The molecule has 1 spiro atoms. The fourth-order valence-electron chi connectivity index (χ4n) is 4.73. The Morgan fingerprint density at radius 3 is 2.55 bits per heavy atom. The smallest absolute Gasteiger partial charge is 0.323 e. The maximum atomic E-state index is 13.3. The summed E-state index contributed by atoms with van der Waals surface area (Å²) < 4.78 is 1.02. The van der Waals surface area contributed by atoms with Crippen LogP contribution in [-0.4, -0.2) is 46.4 Å². The number of carbonyl (C=O) groups is 3. The topological polar surface area (TPSA) is 82.6 Å². The number of thiazole rings is 1. The summed E-state index contributed by atoms with van der Waals surface area (Å²) in [4.78, 5) is 46.4. The van der Waals surface area contributed by atoms with Crippen molar-refractivity contribution in [2.24, 2.45) is 0 Å². The number of hydrogen-bond acceptors (Lipinski definition) is 5. The van der Waals surface area contributed by atoms with Gasteiger partial charge in [-0.1, -0.05) is 66.6 Å². The summed E-state index contributed by atoms with van der Waals surface area (Å²) in [6.07, 6.45) is 3.98. The quantitative estimate of drug-likeness (QED) is 0.536. The number of para-hydroxylation sites is 1. The zero-order valence-corrected chi connectivity index (χ0v) is 19.1. The molecule has 1 aromatic heterocycles. The van der Waals surface area contributed by atoms with Crippen molar-refractivity contribution in [2.45, 2.75) is 44.1 Å². The van der Waals surface area contributed by atoms with Gasteiger partial charge in [-0.3, -0.25) is 19.4 Å². The van der Waals surface area contributed by atoms with E-state index in [-0.39, 0.29) is 30.8 Å². The lowest BCUT2D eigenvalue weighted by molar-refractivity contribution is -0.131. The minimum Gasteiger partial charge on any atom is -0.323 e. The van der Waals surface area contributed by atoms with Gasteiger partial charge in [0.2, 0.25) is 5.91 Å². The third-order valence-corrected chi connectivity index (χ3v) is 7.59. The second-order valence-corrected chi connectivity index (χ2v) is 9.68. The third-order valence-electron chi connectivity index (χ3n) is 6.53. The standard InChI is InChI=1S/C25H26N4O3S/c30-21(13-17-29-22(31)25(27-23(29)32)14-6-7-15-25)28(16-12-18-8-2-1-3-9-18)24-26-19-10-4-5-11-20(19)33-24/h1-5,8-11H,6-7,12-17H2,(H,27,32). The molecule has 7 nitrogen and oxygen atoms in total. The Morgan fingerprint density at radius 1 is 1.06 bits per heavy atom. The summed E-state index contributed by atoms with van der Waals surface area (Å²) in [6, 6.07) is 17.4. The Bertz CT molecular complexity index is 1150. The van der Waals surface area contributed by atoms with E-state index in [2.05, 4.69) is 10.3 Å². The molecule has 33 heavy (non-hydrogen) atoms. The number of hydrogen-bond donors (Lipinski definition) is 1. The van der Waals surface area contributed by atoms with E-state index < -0.39 is 5.54 Å². The normalized spacial score (nSPS) is 17.2. The first-order valence-electron chi connectivity index (χ1n) is 11.4. The molecule has 0 unspecified atom stereocenters. The summed E-state index contributed by atoms with van der Waals surface area (Å²) in [5.74, 6) is -0.327. The zero-order valence-electron chi connectivity index (χ0n) is 18.3. The molecule has 2 heterocycles. The largest absolute Gasteiger partial charge is 0.325 e. The van der Waals surface area contributed by atoms with Crippen LogP contribution >= 0.6 is 11.3 Å². The van der Waals surface area contributed by atoms with Gasteiger partial charge in [0.25, 0.3) is 5.91 Å². The summed E-state index contributed by atoms with van der Waals surface area (Å²) in [5.41, 5.74) is 1.24. The Kier molecular flexibility index (Phi) is 5.85. The van der Waals surface area contributed by atoms with Crippen LogP contribution in [0.15, 0.2) is 54.6 Å². The van der Waals surface area contributed by atoms with E-state index in [0.29, 0.717) is 30.9 Å². The number of carbonyl (C=O) groups excluding carboxylic acids is 3. The summed E-state index contributed by atoms with van der Waals surface area (Å²) in [7, 11) is 0. The number of imide groups is 1. The third kappa shape index (κ3) is 4.23. The zero-order chi connectivity index (χ0) is 22.8. The molecular formula is C25H26N4O3S.